The van der Waals surface area contributed by atoms with E-state index in [4.69, 9.17) is 4.74 Å². The summed E-state index contributed by atoms with van der Waals surface area (Å²) in [5.41, 5.74) is 1.28. The van der Waals surface area contributed by atoms with Crippen molar-refractivity contribution >= 4 is 6.03 Å². The largest absolute Gasteiger partial charge is 0.494 e. The molecule has 2 N–H and O–H groups in total. The highest BCUT2D eigenvalue weighted by molar-refractivity contribution is 5.74. The minimum atomic E-state index is -0.273. The second-order valence-electron chi connectivity index (χ2n) is 6.34. The highest BCUT2D eigenvalue weighted by atomic mass is 19.1. The maximum atomic E-state index is 12.8. The minimum Gasteiger partial charge on any atom is -0.494 e. The first kappa shape index (κ1) is 19.8. The van der Waals surface area contributed by atoms with Crippen molar-refractivity contribution in [1.82, 2.24) is 10.6 Å². The van der Waals surface area contributed by atoms with E-state index in [-0.39, 0.29) is 17.9 Å². The van der Waals surface area contributed by atoms with Gasteiger partial charge in [0.15, 0.2) is 0 Å². The molecule has 2 rings (SSSR count). The molecular formula is C21H27FN2O2. The molecule has 0 aliphatic carbocycles. The Labute approximate surface area is 154 Å². The Bertz CT molecular complexity index is 647. The van der Waals surface area contributed by atoms with Crippen LogP contribution in [0.15, 0.2) is 54.6 Å². The monoisotopic (exact) mass is 358 g/mol. The second kappa shape index (κ2) is 11.1. The molecule has 0 fully saturated rings. The van der Waals surface area contributed by atoms with Crippen LogP contribution in [-0.2, 0) is 6.42 Å². The van der Waals surface area contributed by atoms with Crippen LogP contribution in [0.2, 0.25) is 0 Å². The van der Waals surface area contributed by atoms with Crippen LogP contribution in [-0.4, -0.2) is 25.2 Å². The fourth-order valence-corrected chi connectivity index (χ4v) is 2.52. The van der Waals surface area contributed by atoms with Gasteiger partial charge in [-0.2, -0.15) is 0 Å². The summed E-state index contributed by atoms with van der Waals surface area (Å²) in [7, 11) is 0. The number of unbranched alkanes of at least 4 members (excludes halogenated alkanes) is 1. The molecule has 0 aromatic heterocycles. The molecule has 0 aliphatic heterocycles. The van der Waals surface area contributed by atoms with E-state index in [2.05, 4.69) is 22.8 Å². The number of amides is 2. The van der Waals surface area contributed by atoms with E-state index in [0.717, 1.165) is 25.7 Å². The first-order valence-corrected chi connectivity index (χ1v) is 9.10. The van der Waals surface area contributed by atoms with E-state index in [1.165, 1.54) is 17.7 Å². The number of aryl methyl sites for hydroxylation is 1. The summed E-state index contributed by atoms with van der Waals surface area (Å²) in [6, 6.07) is 16.2. The number of ether oxygens (including phenoxy) is 1. The molecule has 4 nitrogen and oxygen atoms in total. The molecule has 0 bridgehead atoms. The fourth-order valence-electron chi connectivity index (χ4n) is 2.52. The van der Waals surface area contributed by atoms with Crippen molar-refractivity contribution in [3.8, 4) is 5.75 Å². The SMILES string of the molecule is CC(CCc1ccccc1)NC(=O)NCCCCOc1ccc(F)cc1. The van der Waals surface area contributed by atoms with E-state index in [1.54, 1.807) is 12.1 Å². The van der Waals surface area contributed by atoms with Gasteiger partial charge in [0.25, 0.3) is 0 Å². The van der Waals surface area contributed by atoms with Crippen LogP contribution in [0.5, 0.6) is 5.75 Å². The second-order valence-corrected chi connectivity index (χ2v) is 6.34. The number of hydrogen-bond acceptors (Lipinski definition) is 2. The topological polar surface area (TPSA) is 50.4 Å². The summed E-state index contributed by atoms with van der Waals surface area (Å²) in [4.78, 5) is 11.9. The molecule has 0 saturated heterocycles. The maximum Gasteiger partial charge on any atom is 0.314 e. The van der Waals surface area contributed by atoms with Gasteiger partial charge in [-0.15, -0.1) is 0 Å². The lowest BCUT2D eigenvalue weighted by Crippen LogP contribution is -2.41. The van der Waals surface area contributed by atoms with Crippen molar-refractivity contribution in [3.63, 3.8) is 0 Å². The van der Waals surface area contributed by atoms with E-state index < -0.39 is 0 Å². The Hall–Kier alpha value is -2.56. The van der Waals surface area contributed by atoms with Crippen LogP contribution in [0.4, 0.5) is 9.18 Å². The van der Waals surface area contributed by atoms with Crippen molar-refractivity contribution in [2.45, 2.75) is 38.6 Å². The van der Waals surface area contributed by atoms with Crippen molar-refractivity contribution in [2.75, 3.05) is 13.2 Å². The van der Waals surface area contributed by atoms with Crippen LogP contribution in [0, 0.1) is 5.82 Å². The molecule has 140 valence electrons. The standard InChI is InChI=1S/C21H27FN2O2/c1-17(9-10-18-7-3-2-4-8-18)24-21(25)23-15-5-6-16-26-20-13-11-19(22)12-14-20/h2-4,7-8,11-14,17H,5-6,9-10,15-16H2,1H3,(H2,23,24,25). The Kier molecular flexibility index (Phi) is 8.46. The van der Waals surface area contributed by atoms with E-state index in [9.17, 15) is 9.18 Å². The molecule has 0 heterocycles. The summed E-state index contributed by atoms with van der Waals surface area (Å²) in [6.45, 7) is 3.16. The molecule has 0 aliphatic rings. The predicted octanol–water partition coefficient (Wildman–Crippen LogP) is 4.31. The number of rotatable bonds is 10. The number of carbonyl (C=O) groups excluding carboxylic acids is 1. The zero-order chi connectivity index (χ0) is 18.6. The number of urea groups is 1. The average molecular weight is 358 g/mol. The molecular weight excluding hydrogens is 331 g/mol. The third-order valence-electron chi connectivity index (χ3n) is 4.03. The number of halogens is 1. The van der Waals surface area contributed by atoms with Gasteiger partial charge in [-0.25, -0.2) is 9.18 Å². The third kappa shape index (κ3) is 8.01. The summed E-state index contributed by atoms with van der Waals surface area (Å²) >= 11 is 0. The van der Waals surface area contributed by atoms with E-state index in [1.807, 2.05) is 25.1 Å². The van der Waals surface area contributed by atoms with E-state index in [0.29, 0.717) is 18.9 Å². The summed E-state index contributed by atoms with van der Waals surface area (Å²) in [6.07, 6.45) is 3.50. The van der Waals surface area contributed by atoms with Gasteiger partial charge < -0.3 is 15.4 Å². The quantitative estimate of drug-likeness (QED) is 0.622. The Morgan fingerprint density at radius 3 is 2.54 bits per heavy atom. The minimum absolute atomic E-state index is 0.122. The lowest BCUT2D eigenvalue weighted by Gasteiger charge is -2.14. The summed E-state index contributed by atoms with van der Waals surface area (Å²) in [5, 5.41) is 5.82. The van der Waals surface area contributed by atoms with Crippen LogP contribution in [0.1, 0.15) is 31.7 Å². The maximum absolute atomic E-state index is 12.8. The van der Waals surface area contributed by atoms with Gasteiger partial charge in [0.1, 0.15) is 11.6 Å². The van der Waals surface area contributed by atoms with Crippen LogP contribution < -0.4 is 15.4 Å². The average Bonchev–Trinajstić information content (AvgIpc) is 2.65. The molecule has 2 amide bonds. The fraction of sp³-hybridized carbons (Fsp3) is 0.381. The van der Waals surface area contributed by atoms with Gasteiger partial charge in [-0.3, -0.25) is 0 Å². The van der Waals surface area contributed by atoms with Gasteiger partial charge in [-0.05, 0) is 62.4 Å². The summed E-state index contributed by atoms with van der Waals surface area (Å²) < 4.78 is 18.3. The lowest BCUT2D eigenvalue weighted by atomic mass is 10.1. The Morgan fingerprint density at radius 2 is 1.81 bits per heavy atom. The van der Waals surface area contributed by atoms with Crippen LogP contribution in [0.3, 0.4) is 0 Å². The molecule has 0 radical (unpaired) electrons. The first-order chi connectivity index (χ1) is 12.6. The smallest absolute Gasteiger partial charge is 0.314 e. The number of hydrogen-bond donors (Lipinski definition) is 2. The van der Waals surface area contributed by atoms with Crippen molar-refractivity contribution in [2.24, 2.45) is 0 Å². The van der Waals surface area contributed by atoms with Gasteiger partial charge in [-0.1, -0.05) is 30.3 Å². The van der Waals surface area contributed by atoms with Crippen molar-refractivity contribution < 1.29 is 13.9 Å². The lowest BCUT2D eigenvalue weighted by molar-refractivity contribution is 0.236. The third-order valence-corrected chi connectivity index (χ3v) is 4.03. The first-order valence-electron chi connectivity index (χ1n) is 9.10. The predicted molar refractivity (Wildman–Crippen MR) is 102 cm³/mol. The molecule has 1 atom stereocenters. The number of benzene rings is 2. The van der Waals surface area contributed by atoms with Crippen LogP contribution in [0.25, 0.3) is 0 Å². The highest BCUT2D eigenvalue weighted by Gasteiger charge is 2.06. The summed E-state index contributed by atoms with van der Waals surface area (Å²) in [5.74, 6) is 0.384. The molecule has 1 unspecified atom stereocenters. The normalized spacial score (nSPS) is 11.6. The Balaban J connectivity index is 1.49. The van der Waals surface area contributed by atoms with Gasteiger partial charge in [0.2, 0.25) is 0 Å². The van der Waals surface area contributed by atoms with Crippen LogP contribution >= 0.6 is 0 Å². The zero-order valence-electron chi connectivity index (χ0n) is 15.2. The molecule has 26 heavy (non-hydrogen) atoms. The van der Waals surface area contributed by atoms with Gasteiger partial charge in [0.05, 0.1) is 6.61 Å². The molecule has 0 saturated carbocycles. The molecule has 0 spiro atoms. The van der Waals surface area contributed by atoms with E-state index >= 15 is 0 Å². The number of nitrogens with one attached hydrogen (secondary N) is 2. The molecule has 2 aromatic carbocycles. The van der Waals surface area contributed by atoms with Crippen molar-refractivity contribution in [1.29, 1.82) is 0 Å². The zero-order valence-corrected chi connectivity index (χ0v) is 15.2. The van der Waals surface area contributed by atoms with Gasteiger partial charge >= 0.3 is 6.03 Å². The molecule has 5 heteroatoms. The van der Waals surface area contributed by atoms with Gasteiger partial charge in [0, 0.05) is 12.6 Å². The molecule has 2 aromatic rings. The van der Waals surface area contributed by atoms with Crippen molar-refractivity contribution in [3.05, 3.63) is 66.0 Å². The Morgan fingerprint density at radius 1 is 1.08 bits per heavy atom. The highest BCUT2D eigenvalue weighted by Crippen LogP contribution is 2.11. The number of carbonyl (C=O) groups is 1.